The zero-order valence-corrected chi connectivity index (χ0v) is 12.8. The van der Waals surface area contributed by atoms with E-state index in [9.17, 15) is 0 Å². The number of hydrogen-bond acceptors (Lipinski definition) is 5. The molecule has 0 atom stereocenters. The van der Waals surface area contributed by atoms with Crippen LogP contribution in [-0.2, 0) is 4.65 Å². The van der Waals surface area contributed by atoms with Crippen molar-refractivity contribution in [2.24, 2.45) is 0 Å². The highest BCUT2D eigenvalue weighted by molar-refractivity contribution is 6.40. The van der Waals surface area contributed by atoms with E-state index in [1.54, 1.807) is 6.82 Å². The summed E-state index contributed by atoms with van der Waals surface area (Å²) in [5.74, 6) is 0. The van der Waals surface area contributed by atoms with Crippen molar-refractivity contribution < 1.29 is 27.7 Å². The Morgan fingerprint density at radius 3 is 0.941 bits per heavy atom. The molecule has 0 heterocycles. The zero-order chi connectivity index (χ0) is 15.3. The Morgan fingerprint density at radius 1 is 0.882 bits per heavy atom. The van der Waals surface area contributed by atoms with Crippen LogP contribution in [0, 0.1) is 0 Å². The van der Waals surface area contributed by atoms with Crippen molar-refractivity contribution in [1.82, 2.24) is 0 Å². The number of rotatable bonds is 1. The van der Waals surface area contributed by atoms with Crippen LogP contribution in [0.25, 0.3) is 0 Å². The number of aliphatic hydroxyl groups excluding tert-OH is 1. The fraction of sp³-hybridized carbons (Fsp3) is 1.00. The number of hydrogen-bond donors (Lipinski definition) is 4. The molecule has 5 nitrogen and oxygen atoms in total. The summed E-state index contributed by atoms with van der Waals surface area (Å²) >= 11 is 0. The molecule has 0 aromatic rings. The molecule has 0 rings (SSSR count). The Hall–Kier alpha value is -0.0701. The van der Waals surface area contributed by atoms with Gasteiger partial charge in [0.25, 0.3) is 0 Å². The van der Waals surface area contributed by atoms with Crippen molar-refractivity contribution in [2.45, 2.75) is 54.2 Å². The van der Waals surface area contributed by atoms with Crippen LogP contribution in [-0.4, -0.2) is 48.6 Å². The van der Waals surface area contributed by atoms with Crippen molar-refractivity contribution in [1.29, 1.82) is 0 Å². The summed E-state index contributed by atoms with van der Waals surface area (Å²) in [6.07, 6.45) is 2.50. The zero-order valence-electron chi connectivity index (χ0n) is 12.8. The van der Waals surface area contributed by atoms with Gasteiger partial charge >= 0.3 is 14.2 Å². The van der Waals surface area contributed by atoms with Crippen molar-refractivity contribution in [3.8, 4) is 0 Å². The third-order valence-electron chi connectivity index (χ3n) is 0.341. The van der Waals surface area contributed by atoms with E-state index < -0.39 is 14.2 Å². The first-order chi connectivity index (χ1) is 7.83. The van der Waals surface area contributed by atoms with Crippen LogP contribution >= 0.6 is 0 Å². The monoisotopic (exact) mass is 262 g/mol. The first-order valence-electron chi connectivity index (χ1n) is 5.85. The summed E-state index contributed by atoms with van der Waals surface area (Å²) in [7, 11) is 0.667. The van der Waals surface area contributed by atoms with Crippen LogP contribution in [0.5, 0.6) is 0 Å². The molecule has 0 aliphatic heterocycles. The topological polar surface area (TPSA) is 90.2 Å². The Kier molecular flexibility index (Phi) is 79.1. The van der Waals surface area contributed by atoms with E-state index in [0.717, 1.165) is 7.11 Å². The molecule has 0 saturated carbocycles. The van der Waals surface area contributed by atoms with E-state index in [0.29, 0.717) is 0 Å². The third kappa shape index (κ3) is 830. The summed E-state index contributed by atoms with van der Waals surface area (Å²) in [6.45, 7) is 11.3. The summed E-state index contributed by atoms with van der Waals surface area (Å²) in [6, 6.07) is 0. The lowest BCUT2D eigenvalue weighted by Crippen LogP contribution is -2.07. The van der Waals surface area contributed by atoms with E-state index in [1.807, 2.05) is 0 Å². The highest BCUT2D eigenvalue weighted by Gasteiger charge is 1.93. The molecule has 0 bridgehead atoms. The maximum absolute atomic E-state index is 8.14. The lowest BCUT2D eigenvalue weighted by molar-refractivity contribution is 0.334. The van der Waals surface area contributed by atoms with Crippen LogP contribution in [0.2, 0.25) is 13.6 Å². The highest BCUT2D eigenvalue weighted by Crippen LogP contribution is 1.66. The van der Waals surface area contributed by atoms with E-state index in [1.165, 1.54) is 26.8 Å². The molecule has 0 aliphatic carbocycles. The molecule has 0 amide bonds. The second-order valence-corrected chi connectivity index (χ2v) is 2.88. The molecule has 4 N–H and O–H groups in total. The van der Waals surface area contributed by atoms with Gasteiger partial charge in [-0.15, -0.1) is 0 Å². The first kappa shape index (κ1) is 30.2. The quantitative estimate of drug-likeness (QED) is 0.540. The Balaban J connectivity index is -0.0000000191. The van der Waals surface area contributed by atoms with Gasteiger partial charge < -0.3 is 24.8 Å². The van der Waals surface area contributed by atoms with E-state index >= 15 is 0 Å². The van der Waals surface area contributed by atoms with Gasteiger partial charge in [-0.25, -0.2) is 0 Å². The van der Waals surface area contributed by atoms with Gasteiger partial charge in [-0.2, -0.15) is 0 Å². The molecule has 0 unspecified atom stereocenters. The summed E-state index contributed by atoms with van der Waals surface area (Å²) in [4.78, 5) is 0. The summed E-state index contributed by atoms with van der Waals surface area (Å²) in [5.41, 5.74) is 0. The largest absolute Gasteiger partial charge is 0.450 e. The van der Waals surface area contributed by atoms with Gasteiger partial charge in [0, 0.05) is 17.1 Å². The van der Waals surface area contributed by atoms with Gasteiger partial charge in [0.05, 0.1) is 0 Å². The molecule has 17 heavy (non-hydrogen) atoms. The van der Waals surface area contributed by atoms with E-state index in [2.05, 4.69) is 32.3 Å². The van der Waals surface area contributed by atoms with Gasteiger partial charge in [-0.1, -0.05) is 40.5 Å². The fourth-order valence-corrected chi connectivity index (χ4v) is 0. The Labute approximate surface area is 111 Å². The smallest absolute Gasteiger partial charge is 0.427 e. The molecule has 0 radical (unpaired) electrons. The average Bonchev–Trinajstić information content (AvgIpc) is 2.22. The predicted molar refractivity (Wildman–Crippen MR) is 81.2 cm³/mol. The van der Waals surface area contributed by atoms with Crippen LogP contribution in [0.4, 0.5) is 0 Å². The Morgan fingerprint density at radius 2 is 0.941 bits per heavy atom. The second kappa shape index (κ2) is 44.5. The van der Waals surface area contributed by atoms with Crippen LogP contribution in [0.3, 0.4) is 0 Å². The van der Waals surface area contributed by atoms with Gasteiger partial charge in [0.15, 0.2) is 0 Å². The standard InChI is InChI=1S/2C3H8.C2H7BO2.CH5BO2.CH4O.2H2/c2*1-3-2;1-3(4)5-2;1-2(3)4;1-2;;/h2*3H2,1-2H3;4H,1-2H3;3-4H,1H3;2H,1H3;2*1H/i;;;;;2*1+2. The normalized spacial score (nSPS) is 6.35. The highest BCUT2D eigenvalue weighted by atomic mass is 16.5. The SMILES string of the molecule is CB(O)O.CCC.CCC.CO.COB(C)O.[3HH].[3HH]. The molecule has 7 heteroatoms. The Bertz CT molecular complexity index is 80.2. The molecule has 0 saturated heterocycles. The summed E-state index contributed by atoms with van der Waals surface area (Å²) < 4.78 is 4.31. The molecule has 0 spiro atoms. The van der Waals surface area contributed by atoms with Gasteiger partial charge in [0.2, 0.25) is 0 Å². The van der Waals surface area contributed by atoms with Crippen molar-refractivity contribution in [3.63, 3.8) is 0 Å². The van der Waals surface area contributed by atoms with Crippen molar-refractivity contribution in [2.75, 3.05) is 14.2 Å². The lowest BCUT2D eigenvalue weighted by Gasteiger charge is -1.87. The summed E-state index contributed by atoms with van der Waals surface area (Å²) in [5, 5.41) is 30.4. The average molecular weight is 262 g/mol. The van der Waals surface area contributed by atoms with Crippen molar-refractivity contribution in [3.05, 3.63) is 0 Å². The minimum absolute atomic E-state index is 0. The van der Waals surface area contributed by atoms with Crippen LogP contribution in [0.1, 0.15) is 43.4 Å². The second-order valence-electron chi connectivity index (χ2n) is 2.88. The fourth-order valence-electron chi connectivity index (χ4n) is 0. The minimum Gasteiger partial charge on any atom is -0.427 e. The van der Waals surface area contributed by atoms with Crippen molar-refractivity contribution >= 4 is 14.2 Å². The van der Waals surface area contributed by atoms with Crippen LogP contribution in [0.15, 0.2) is 0 Å². The van der Waals surface area contributed by atoms with Gasteiger partial charge in [0.1, 0.15) is 0 Å². The minimum atomic E-state index is -1.17. The molecule has 0 aromatic carbocycles. The van der Waals surface area contributed by atoms with E-state index in [4.69, 9.17) is 20.2 Å². The van der Waals surface area contributed by atoms with Gasteiger partial charge in [-0.05, 0) is 13.6 Å². The molecule has 0 fully saturated rings. The number of aliphatic hydroxyl groups is 1. The maximum atomic E-state index is 8.14. The molecular weight excluding hydrogens is 222 g/mol. The van der Waals surface area contributed by atoms with E-state index in [-0.39, 0.29) is 2.85 Å². The first-order valence-corrected chi connectivity index (χ1v) is 5.85. The third-order valence-corrected chi connectivity index (χ3v) is 0.341. The maximum Gasteiger partial charge on any atom is 0.450 e. The molecule has 0 aliphatic rings. The predicted octanol–water partition coefficient (Wildman–Crippen LogP) is 1.77. The molecule has 0 aromatic heterocycles. The lowest BCUT2D eigenvalue weighted by atomic mass is 9.97. The molecular formula is C10H36B2O5. The van der Waals surface area contributed by atoms with Gasteiger partial charge in [-0.3, -0.25) is 0 Å². The van der Waals surface area contributed by atoms with Crippen LogP contribution < -0.4 is 0 Å². The molecule has 112 valence electrons.